The van der Waals surface area contributed by atoms with Gasteiger partial charge in [-0.15, -0.1) is 0 Å². The highest BCUT2D eigenvalue weighted by Gasteiger charge is 2.27. The van der Waals surface area contributed by atoms with Crippen molar-refractivity contribution in [3.63, 3.8) is 0 Å². The Labute approximate surface area is 218 Å². The number of anilines is 2. The van der Waals surface area contributed by atoms with Crippen LogP contribution in [0.5, 0.6) is 11.5 Å². The lowest BCUT2D eigenvalue weighted by atomic mass is 9.95. The predicted octanol–water partition coefficient (Wildman–Crippen LogP) is 3.72. The summed E-state index contributed by atoms with van der Waals surface area (Å²) in [5.41, 5.74) is 4.93. The van der Waals surface area contributed by atoms with Crippen molar-refractivity contribution in [2.75, 3.05) is 70.4 Å². The zero-order valence-corrected chi connectivity index (χ0v) is 21.5. The van der Waals surface area contributed by atoms with Crippen molar-refractivity contribution in [1.29, 1.82) is 0 Å². The molecule has 5 rings (SSSR count). The molecule has 1 fully saturated rings. The van der Waals surface area contributed by atoms with Crippen LogP contribution in [0.4, 0.5) is 11.4 Å². The molecule has 0 spiro atoms. The molecule has 0 radical (unpaired) electrons. The minimum Gasteiger partial charge on any atom is -0.497 e. The first-order valence-corrected chi connectivity index (χ1v) is 12.8. The van der Waals surface area contributed by atoms with Crippen LogP contribution < -0.4 is 19.7 Å². The molecule has 3 aromatic rings. The van der Waals surface area contributed by atoms with E-state index in [9.17, 15) is 4.79 Å². The molecule has 3 heterocycles. The third-order valence-corrected chi connectivity index (χ3v) is 7.08. The topological polar surface area (TPSA) is 76.2 Å². The Morgan fingerprint density at radius 3 is 2.70 bits per heavy atom. The molecular weight excluding hydrogens is 468 g/mol. The summed E-state index contributed by atoms with van der Waals surface area (Å²) >= 11 is 0. The van der Waals surface area contributed by atoms with Crippen molar-refractivity contribution in [1.82, 2.24) is 9.88 Å². The molecule has 8 nitrogen and oxygen atoms in total. The van der Waals surface area contributed by atoms with Gasteiger partial charge in [0.2, 0.25) is 5.91 Å². The molecule has 2 aliphatic heterocycles. The fraction of sp³-hybridized carbons (Fsp3) is 0.379. The summed E-state index contributed by atoms with van der Waals surface area (Å²) in [6.07, 6.45) is 4.20. The largest absolute Gasteiger partial charge is 0.497 e. The van der Waals surface area contributed by atoms with Gasteiger partial charge in [-0.05, 0) is 65.6 Å². The highest BCUT2D eigenvalue weighted by molar-refractivity contribution is 5.97. The van der Waals surface area contributed by atoms with Crippen molar-refractivity contribution >= 4 is 17.3 Å². The summed E-state index contributed by atoms with van der Waals surface area (Å²) in [5, 5.41) is 3.20. The summed E-state index contributed by atoms with van der Waals surface area (Å²) in [4.78, 5) is 22.2. The summed E-state index contributed by atoms with van der Waals surface area (Å²) < 4.78 is 16.7. The molecule has 1 unspecified atom stereocenters. The monoisotopic (exact) mass is 502 g/mol. The second kappa shape index (κ2) is 11.6. The van der Waals surface area contributed by atoms with Crippen LogP contribution in [0.3, 0.4) is 0 Å². The Kier molecular flexibility index (Phi) is 7.87. The number of pyridine rings is 1. The number of fused-ring (bicyclic) bond motifs is 1. The molecule has 0 bridgehead atoms. The van der Waals surface area contributed by atoms with Crippen molar-refractivity contribution in [2.24, 2.45) is 5.92 Å². The van der Waals surface area contributed by atoms with E-state index in [4.69, 9.17) is 14.2 Å². The van der Waals surface area contributed by atoms with E-state index in [2.05, 4.69) is 33.2 Å². The zero-order chi connectivity index (χ0) is 25.6. The highest BCUT2D eigenvalue weighted by atomic mass is 16.5. The zero-order valence-electron chi connectivity index (χ0n) is 21.5. The minimum atomic E-state index is -0.286. The number of carbonyl (C=O) groups is 1. The molecule has 194 valence electrons. The number of hydrogen-bond acceptors (Lipinski definition) is 7. The SMILES string of the molecule is COc1ccc2c(c1)CC(C(=O)Nc1ccc(-c3ccncc3)cc1N(C)CCN1CCOCC1)CO2. The maximum Gasteiger partial charge on any atom is 0.231 e. The standard InChI is InChI=1S/C29H34N4O4/c1-32(11-12-33-13-15-36-16-14-33)27-19-22(21-7-9-30-10-8-21)3-5-26(27)31-29(34)24-17-23-18-25(35-2)4-6-28(23)37-20-24/h3-10,18-19,24H,11-17,20H2,1-2H3,(H,31,34). The first-order valence-electron chi connectivity index (χ1n) is 12.8. The molecule has 37 heavy (non-hydrogen) atoms. The summed E-state index contributed by atoms with van der Waals surface area (Å²) in [5.74, 6) is 1.24. The normalized spacial score (nSPS) is 17.4. The predicted molar refractivity (Wildman–Crippen MR) is 145 cm³/mol. The first kappa shape index (κ1) is 25.0. The third-order valence-electron chi connectivity index (χ3n) is 7.08. The Bertz CT molecular complexity index is 1210. The van der Waals surface area contributed by atoms with Crippen LogP contribution >= 0.6 is 0 Å². The van der Waals surface area contributed by atoms with Crippen LogP contribution in [0.2, 0.25) is 0 Å². The summed E-state index contributed by atoms with van der Waals surface area (Å²) in [7, 11) is 3.72. The second-order valence-corrected chi connectivity index (χ2v) is 9.52. The summed E-state index contributed by atoms with van der Waals surface area (Å²) in [6, 6.07) is 15.9. The minimum absolute atomic E-state index is 0.0482. The Morgan fingerprint density at radius 1 is 1.11 bits per heavy atom. The average molecular weight is 503 g/mol. The smallest absolute Gasteiger partial charge is 0.231 e. The van der Waals surface area contributed by atoms with E-state index in [-0.39, 0.29) is 11.8 Å². The number of rotatable bonds is 8. The average Bonchev–Trinajstić information content (AvgIpc) is 2.96. The van der Waals surface area contributed by atoms with Crippen LogP contribution in [-0.2, 0) is 16.0 Å². The van der Waals surface area contributed by atoms with Crippen molar-refractivity contribution in [3.05, 3.63) is 66.5 Å². The number of nitrogens with one attached hydrogen (secondary N) is 1. The third kappa shape index (κ3) is 6.03. The molecule has 1 N–H and O–H groups in total. The van der Waals surface area contributed by atoms with E-state index in [1.54, 1.807) is 19.5 Å². The van der Waals surface area contributed by atoms with Crippen LogP contribution in [0.25, 0.3) is 11.1 Å². The molecular formula is C29H34N4O4. The fourth-order valence-electron chi connectivity index (χ4n) is 4.81. The van der Waals surface area contributed by atoms with E-state index >= 15 is 0 Å². The van der Waals surface area contributed by atoms with Crippen LogP contribution in [0, 0.1) is 5.92 Å². The Morgan fingerprint density at radius 2 is 1.92 bits per heavy atom. The van der Waals surface area contributed by atoms with Crippen LogP contribution in [0.1, 0.15) is 5.56 Å². The number of aromatic nitrogens is 1. The van der Waals surface area contributed by atoms with E-state index < -0.39 is 0 Å². The van der Waals surface area contributed by atoms with Gasteiger partial charge in [-0.25, -0.2) is 0 Å². The molecule has 1 amide bonds. The quantitative estimate of drug-likeness (QED) is 0.503. The molecule has 1 atom stereocenters. The van der Waals surface area contributed by atoms with E-state index in [1.165, 1.54) is 0 Å². The molecule has 1 saturated heterocycles. The van der Waals surface area contributed by atoms with Crippen molar-refractivity contribution < 1.29 is 19.0 Å². The molecule has 1 aromatic heterocycles. The molecule has 0 aliphatic carbocycles. The van der Waals surface area contributed by atoms with Gasteiger partial charge in [-0.2, -0.15) is 0 Å². The van der Waals surface area contributed by atoms with Crippen molar-refractivity contribution in [3.8, 4) is 22.6 Å². The van der Waals surface area contributed by atoms with E-state index in [0.29, 0.717) is 13.0 Å². The van der Waals surface area contributed by atoms with Crippen molar-refractivity contribution in [2.45, 2.75) is 6.42 Å². The number of carbonyl (C=O) groups excluding carboxylic acids is 1. The van der Waals surface area contributed by atoms with Gasteiger partial charge in [-0.1, -0.05) is 6.07 Å². The van der Waals surface area contributed by atoms with Gasteiger partial charge in [-0.3, -0.25) is 14.7 Å². The van der Waals surface area contributed by atoms with Crippen LogP contribution in [0.15, 0.2) is 60.9 Å². The van der Waals surface area contributed by atoms with Gasteiger partial charge in [0.1, 0.15) is 18.1 Å². The van der Waals surface area contributed by atoms with Gasteiger partial charge in [0.15, 0.2) is 0 Å². The number of methoxy groups -OCH3 is 1. The maximum atomic E-state index is 13.4. The Hall–Kier alpha value is -3.62. The number of benzene rings is 2. The molecule has 2 aromatic carbocycles. The maximum absolute atomic E-state index is 13.4. The molecule has 8 heteroatoms. The van der Waals surface area contributed by atoms with Gasteiger partial charge in [0.05, 0.1) is 37.6 Å². The summed E-state index contributed by atoms with van der Waals surface area (Å²) in [6.45, 7) is 5.57. The lowest BCUT2D eigenvalue weighted by Gasteiger charge is -2.30. The number of nitrogens with zero attached hydrogens (tertiary/aromatic N) is 3. The first-order chi connectivity index (χ1) is 18.1. The van der Waals surface area contributed by atoms with Gasteiger partial charge in [0.25, 0.3) is 0 Å². The van der Waals surface area contributed by atoms with E-state index in [0.717, 1.165) is 79.0 Å². The Balaban J connectivity index is 1.34. The van der Waals surface area contributed by atoms with Gasteiger partial charge < -0.3 is 24.4 Å². The van der Waals surface area contributed by atoms with Gasteiger partial charge in [0, 0.05) is 45.6 Å². The second-order valence-electron chi connectivity index (χ2n) is 9.52. The highest BCUT2D eigenvalue weighted by Crippen LogP contribution is 2.34. The number of ether oxygens (including phenoxy) is 3. The fourth-order valence-corrected chi connectivity index (χ4v) is 4.81. The number of amides is 1. The number of hydrogen-bond donors (Lipinski definition) is 1. The van der Waals surface area contributed by atoms with Crippen LogP contribution in [-0.4, -0.2) is 75.9 Å². The molecule has 0 saturated carbocycles. The van der Waals surface area contributed by atoms with E-state index in [1.807, 2.05) is 42.5 Å². The lowest BCUT2D eigenvalue weighted by Crippen LogP contribution is -2.41. The lowest BCUT2D eigenvalue weighted by molar-refractivity contribution is -0.121. The van der Waals surface area contributed by atoms with Gasteiger partial charge >= 0.3 is 0 Å². The molecule has 2 aliphatic rings. The number of morpholine rings is 1. The number of likely N-dealkylation sites (N-methyl/N-ethyl adjacent to an activating group) is 1.